The first-order valence-corrected chi connectivity index (χ1v) is 7.09. The van der Waals surface area contributed by atoms with E-state index in [9.17, 15) is 14.9 Å². The molecule has 2 rings (SSSR count). The van der Waals surface area contributed by atoms with E-state index in [1.54, 1.807) is 19.1 Å². The molecule has 1 atom stereocenters. The Balaban J connectivity index is 2.25. The van der Waals surface area contributed by atoms with E-state index in [1.807, 2.05) is 25.1 Å². The van der Waals surface area contributed by atoms with Gasteiger partial charge in [-0.2, -0.15) is 0 Å². The van der Waals surface area contributed by atoms with E-state index in [1.165, 1.54) is 12.1 Å². The summed E-state index contributed by atoms with van der Waals surface area (Å²) in [6.07, 6.45) is 0. The van der Waals surface area contributed by atoms with Crippen molar-refractivity contribution in [2.24, 2.45) is 0 Å². The minimum absolute atomic E-state index is 0.0713. The van der Waals surface area contributed by atoms with E-state index in [2.05, 4.69) is 5.32 Å². The topological polar surface area (TPSA) is 72.2 Å². The summed E-state index contributed by atoms with van der Waals surface area (Å²) in [4.78, 5) is 22.8. The Hall–Kier alpha value is -2.40. The number of nitrogens with zero attached hydrogens (tertiary/aromatic N) is 1. The summed E-state index contributed by atoms with van der Waals surface area (Å²) in [5.41, 5.74) is 1.35. The molecule has 1 unspecified atom stereocenters. The Bertz CT molecular complexity index is 731. The van der Waals surface area contributed by atoms with Gasteiger partial charge < -0.3 is 5.32 Å². The number of carbonyl (C=O) groups excluding carboxylic acids is 1. The number of rotatable bonds is 4. The van der Waals surface area contributed by atoms with Crippen molar-refractivity contribution in [2.45, 2.75) is 19.9 Å². The van der Waals surface area contributed by atoms with Crippen molar-refractivity contribution < 1.29 is 9.72 Å². The van der Waals surface area contributed by atoms with Gasteiger partial charge >= 0.3 is 0 Å². The fourth-order valence-electron chi connectivity index (χ4n) is 2.25. The van der Waals surface area contributed by atoms with Gasteiger partial charge in [-0.1, -0.05) is 35.9 Å². The third kappa shape index (κ3) is 3.26. The first-order chi connectivity index (χ1) is 10.4. The zero-order valence-corrected chi connectivity index (χ0v) is 12.9. The van der Waals surface area contributed by atoms with E-state index >= 15 is 0 Å². The van der Waals surface area contributed by atoms with E-state index in [-0.39, 0.29) is 23.2 Å². The molecule has 5 nitrogen and oxygen atoms in total. The SMILES string of the molecule is Cc1c(C(=O)NC(C)c2ccccc2Cl)cccc1[N+](=O)[O-]. The van der Waals surface area contributed by atoms with Gasteiger partial charge in [0.1, 0.15) is 0 Å². The summed E-state index contributed by atoms with van der Waals surface area (Å²) in [6, 6.07) is 11.4. The number of hydrogen-bond acceptors (Lipinski definition) is 3. The molecule has 114 valence electrons. The van der Waals surface area contributed by atoms with Crippen LogP contribution in [0.5, 0.6) is 0 Å². The lowest BCUT2D eigenvalue weighted by Crippen LogP contribution is -2.27. The molecule has 0 aliphatic heterocycles. The normalized spacial score (nSPS) is 11.8. The predicted molar refractivity (Wildman–Crippen MR) is 85.2 cm³/mol. The lowest BCUT2D eigenvalue weighted by molar-refractivity contribution is -0.385. The van der Waals surface area contributed by atoms with Crippen LogP contribution in [0.3, 0.4) is 0 Å². The predicted octanol–water partition coefficient (Wildman–Crippen LogP) is 4.05. The summed E-state index contributed by atoms with van der Waals surface area (Å²) >= 11 is 6.11. The minimum Gasteiger partial charge on any atom is -0.345 e. The van der Waals surface area contributed by atoms with Crippen molar-refractivity contribution in [2.75, 3.05) is 0 Å². The van der Waals surface area contributed by atoms with Crippen LogP contribution in [-0.2, 0) is 0 Å². The molecular formula is C16H15ClN2O3. The molecule has 0 fully saturated rings. The average Bonchev–Trinajstić information content (AvgIpc) is 2.47. The standard InChI is InChI=1S/C16H15ClN2O3/c1-10-12(7-5-9-15(10)19(21)22)16(20)18-11(2)13-6-3-4-8-14(13)17/h3-9,11H,1-2H3,(H,18,20). The molecule has 6 heteroatoms. The first kappa shape index (κ1) is 16.0. The highest BCUT2D eigenvalue weighted by Crippen LogP contribution is 2.24. The average molecular weight is 319 g/mol. The molecule has 0 spiro atoms. The third-order valence-corrected chi connectivity index (χ3v) is 3.81. The van der Waals surface area contributed by atoms with Crippen LogP contribution in [-0.4, -0.2) is 10.8 Å². The van der Waals surface area contributed by atoms with Gasteiger partial charge in [-0.3, -0.25) is 14.9 Å². The second-order valence-electron chi connectivity index (χ2n) is 4.92. The largest absolute Gasteiger partial charge is 0.345 e. The zero-order valence-electron chi connectivity index (χ0n) is 12.2. The monoisotopic (exact) mass is 318 g/mol. The van der Waals surface area contributed by atoms with Crippen molar-refractivity contribution in [3.63, 3.8) is 0 Å². The van der Waals surface area contributed by atoms with E-state index in [0.717, 1.165) is 5.56 Å². The molecule has 0 aromatic heterocycles. The maximum absolute atomic E-state index is 12.4. The van der Waals surface area contributed by atoms with Crippen molar-refractivity contribution in [1.82, 2.24) is 5.32 Å². The molecule has 22 heavy (non-hydrogen) atoms. The highest BCUT2D eigenvalue weighted by atomic mass is 35.5. The number of nitro benzene ring substituents is 1. The molecule has 1 N–H and O–H groups in total. The first-order valence-electron chi connectivity index (χ1n) is 6.71. The lowest BCUT2D eigenvalue weighted by Gasteiger charge is -2.16. The van der Waals surface area contributed by atoms with Crippen LogP contribution >= 0.6 is 11.6 Å². The summed E-state index contributed by atoms with van der Waals surface area (Å²) < 4.78 is 0. The Morgan fingerprint density at radius 2 is 1.91 bits per heavy atom. The van der Waals surface area contributed by atoms with Gasteiger partial charge in [0, 0.05) is 22.2 Å². The minimum atomic E-state index is -0.496. The molecule has 0 saturated carbocycles. The molecule has 1 amide bonds. The number of nitro groups is 1. The number of halogens is 1. The number of carbonyl (C=O) groups is 1. The van der Waals surface area contributed by atoms with Gasteiger partial charge in [0.05, 0.1) is 11.0 Å². The Morgan fingerprint density at radius 3 is 2.55 bits per heavy atom. The second-order valence-corrected chi connectivity index (χ2v) is 5.33. The van der Waals surface area contributed by atoms with Crippen LogP contribution in [0, 0.1) is 17.0 Å². The molecule has 0 aliphatic rings. The van der Waals surface area contributed by atoms with Crippen molar-refractivity contribution in [3.05, 3.63) is 74.3 Å². The summed E-state index contributed by atoms with van der Waals surface area (Å²) in [5, 5.41) is 14.3. The molecular weight excluding hydrogens is 304 g/mol. The van der Waals surface area contributed by atoms with Crippen LogP contribution in [0.4, 0.5) is 5.69 Å². The Morgan fingerprint density at radius 1 is 1.23 bits per heavy atom. The van der Waals surface area contributed by atoms with Crippen LogP contribution < -0.4 is 5.32 Å². The van der Waals surface area contributed by atoms with Crippen LogP contribution in [0.25, 0.3) is 0 Å². The molecule has 0 bridgehead atoms. The third-order valence-electron chi connectivity index (χ3n) is 3.47. The summed E-state index contributed by atoms with van der Waals surface area (Å²) in [6.45, 7) is 3.37. The van der Waals surface area contributed by atoms with E-state index < -0.39 is 4.92 Å². The Labute approximate surface area is 133 Å². The van der Waals surface area contributed by atoms with Gasteiger partial charge in [-0.15, -0.1) is 0 Å². The molecule has 0 heterocycles. The quantitative estimate of drug-likeness (QED) is 0.682. The van der Waals surface area contributed by atoms with E-state index in [4.69, 9.17) is 11.6 Å². The molecule has 0 saturated heterocycles. The molecule has 2 aromatic rings. The fourth-order valence-corrected chi connectivity index (χ4v) is 2.55. The van der Waals surface area contributed by atoms with Gasteiger partial charge in [-0.25, -0.2) is 0 Å². The van der Waals surface area contributed by atoms with Gasteiger partial charge in [0.2, 0.25) is 0 Å². The van der Waals surface area contributed by atoms with Crippen LogP contribution in [0.2, 0.25) is 5.02 Å². The number of nitrogens with one attached hydrogen (secondary N) is 1. The van der Waals surface area contributed by atoms with Gasteiger partial charge in [-0.05, 0) is 31.5 Å². The zero-order chi connectivity index (χ0) is 16.3. The Kier molecular flexibility index (Phi) is 4.78. The maximum Gasteiger partial charge on any atom is 0.273 e. The van der Waals surface area contributed by atoms with Crippen molar-refractivity contribution >= 4 is 23.2 Å². The van der Waals surface area contributed by atoms with Crippen LogP contribution in [0.15, 0.2) is 42.5 Å². The van der Waals surface area contributed by atoms with Crippen molar-refractivity contribution in [1.29, 1.82) is 0 Å². The van der Waals surface area contributed by atoms with Gasteiger partial charge in [0.25, 0.3) is 11.6 Å². The van der Waals surface area contributed by atoms with E-state index in [0.29, 0.717) is 10.6 Å². The highest BCUT2D eigenvalue weighted by Gasteiger charge is 2.20. The van der Waals surface area contributed by atoms with Gasteiger partial charge in [0.15, 0.2) is 0 Å². The van der Waals surface area contributed by atoms with Crippen molar-refractivity contribution in [3.8, 4) is 0 Å². The molecule has 0 aliphatic carbocycles. The smallest absolute Gasteiger partial charge is 0.273 e. The molecule has 2 aromatic carbocycles. The number of benzene rings is 2. The van der Waals surface area contributed by atoms with Crippen LogP contribution in [0.1, 0.15) is 34.5 Å². The summed E-state index contributed by atoms with van der Waals surface area (Å²) in [5.74, 6) is -0.367. The summed E-state index contributed by atoms with van der Waals surface area (Å²) in [7, 11) is 0. The molecule has 0 radical (unpaired) electrons. The fraction of sp³-hybridized carbons (Fsp3) is 0.188. The number of amides is 1. The lowest BCUT2D eigenvalue weighted by atomic mass is 10.0. The number of hydrogen-bond donors (Lipinski definition) is 1. The highest BCUT2D eigenvalue weighted by molar-refractivity contribution is 6.31. The maximum atomic E-state index is 12.4. The second kappa shape index (κ2) is 6.58.